The Morgan fingerprint density at radius 2 is 0.596 bits per heavy atom. The molecule has 0 unspecified atom stereocenters. The fourth-order valence-corrected chi connectivity index (χ4v) is 8.93. The Labute approximate surface area is 327 Å². The Hall–Kier alpha value is -7.83. The summed E-state index contributed by atoms with van der Waals surface area (Å²) in [6.45, 7) is 0. The van der Waals surface area contributed by atoms with Crippen molar-refractivity contribution in [1.29, 1.82) is 0 Å². The average molecular weight is 729 g/mol. The Bertz CT molecular complexity index is 3240. The van der Waals surface area contributed by atoms with Crippen molar-refractivity contribution < 1.29 is 0 Å². The third-order valence-electron chi connectivity index (χ3n) is 11.3. The van der Waals surface area contributed by atoms with Crippen LogP contribution >= 0.6 is 0 Å². The molecule has 0 aliphatic carbocycles. The summed E-state index contributed by atoms with van der Waals surface area (Å²) in [6.07, 6.45) is 0. The van der Waals surface area contributed by atoms with E-state index in [9.17, 15) is 0 Å². The van der Waals surface area contributed by atoms with Gasteiger partial charge in [-0.05, 0) is 48.5 Å². The van der Waals surface area contributed by atoms with Gasteiger partial charge >= 0.3 is 0 Å². The van der Waals surface area contributed by atoms with E-state index in [4.69, 9.17) is 15.0 Å². The highest BCUT2D eigenvalue weighted by molar-refractivity contribution is 6.12. The quantitative estimate of drug-likeness (QED) is 0.177. The largest absolute Gasteiger partial charge is 0.308 e. The predicted molar refractivity (Wildman–Crippen MR) is 234 cm³/mol. The minimum absolute atomic E-state index is 0.557. The third kappa shape index (κ3) is 4.68. The van der Waals surface area contributed by atoms with Gasteiger partial charge in [0.1, 0.15) is 0 Å². The molecule has 6 nitrogen and oxygen atoms in total. The zero-order valence-electron chi connectivity index (χ0n) is 30.7. The van der Waals surface area contributed by atoms with Crippen molar-refractivity contribution in [2.45, 2.75) is 0 Å². The summed E-state index contributed by atoms with van der Waals surface area (Å²) in [7, 11) is 0. The van der Waals surface area contributed by atoms with E-state index in [0.717, 1.165) is 66.4 Å². The first-order valence-electron chi connectivity index (χ1n) is 19.2. The molecule has 0 N–H and O–H groups in total. The van der Waals surface area contributed by atoms with Gasteiger partial charge in [0, 0.05) is 37.9 Å². The van der Waals surface area contributed by atoms with Gasteiger partial charge in [0.05, 0.1) is 50.0 Å². The number of hydrogen-bond acceptors (Lipinski definition) is 3. The number of benzene rings is 8. The fourth-order valence-electron chi connectivity index (χ4n) is 8.93. The molecule has 0 atom stereocenters. The maximum atomic E-state index is 5.55. The van der Waals surface area contributed by atoms with Crippen molar-refractivity contribution in [1.82, 2.24) is 28.7 Å². The number of fused-ring (bicyclic) bond motifs is 9. The molecule has 0 saturated carbocycles. The zero-order chi connectivity index (χ0) is 37.5. The molecule has 8 aromatic carbocycles. The molecule has 0 radical (unpaired) electrons. The first kappa shape index (κ1) is 31.5. The second-order valence-corrected chi connectivity index (χ2v) is 14.4. The van der Waals surface area contributed by atoms with Crippen molar-refractivity contribution in [2.24, 2.45) is 0 Å². The summed E-state index contributed by atoms with van der Waals surface area (Å²) in [5.74, 6) is 1.74. The van der Waals surface area contributed by atoms with Gasteiger partial charge in [0.25, 0.3) is 0 Å². The van der Waals surface area contributed by atoms with E-state index >= 15 is 0 Å². The second kappa shape index (κ2) is 12.3. The van der Waals surface area contributed by atoms with E-state index in [0.29, 0.717) is 17.6 Å². The van der Waals surface area contributed by atoms with Gasteiger partial charge in [-0.25, -0.2) is 4.98 Å². The molecular formula is C51H32N6. The lowest BCUT2D eigenvalue weighted by molar-refractivity contribution is 0.949. The van der Waals surface area contributed by atoms with Crippen molar-refractivity contribution in [3.05, 3.63) is 194 Å². The Morgan fingerprint density at radius 3 is 1.00 bits per heavy atom. The summed E-state index contributed by atoms with van der Waals surface area (Å²) in [5, 5.41) is 7.04. The minimum Gasteiger partial charge on any atom is -0.308 e. The molecule has 6 heteroatoms. The Morgan fingerprint density at radius 1 is 0.263 bits per heavy atom. The number of rotatable bonds is 5. The van der Waals surface area contributed by atoms with Gasteiger partial charge in [-0.15, -0.1) is 0 Å². The van der Waals surface area contributed by atoms with Gasteiger partial charge in [0.15, 0.2) is 11.6 Å². The molecule has 0 bridgehead atoms. The number of nitrogens with zero attached hydrogens (tertiary/aromatic N) is 6. The Kier molecular flexibility index (Phi) is 6.83. The van der Waals surface area contributed by atoms with Gasteiger partial charge in [-0.3, -0.25) is 4.57 Å². The molecule has 0 fully saturated rings. The second-order valence-electron chi connectivity index (χ2n) is 14.4. The van der Waals surface area contributed by atoms with Gasteiger partial charge in [-0.1, -0.05) is 146 Å². The molecule has 0 amide bonds. The van der Waals surface area contributed by atoms with E-state index in [1.165, 1.54) is 21.5 Å². The maximum absolute atomic E-state index is 5.55. The van der Waals surface area contributed by atoms with E-state index in [1.807, 2.05) is 18.2 Å². The van der Waals surface area contributed by atoms with Crippen LogP contribution in [0.3, 0.4) is 0 Å². The molecule has 4 heterocycles. The van der Waals surface area contributed by atoms with Gasteiger partial charge < -0.3 is 9.13 Å². The van der Waals surface area contributed by atoms with Crippen LogP contribution in [0.25, 0.3) is 106 Å². The summed E-state index contributed by atoms with van der Waals surface area (Å²) in [5.41, 5.74) is 10.3. The molecule has 0 spiro atoms. The predicted octanol–water partition coefficient (Wildman–Crippen LogP) is 12.5. The van der Waals surface area contributed by atoms with Crippen molar-refractivity contribution >= 4 is 65.4 Å². The van der Waals surface area contributed by atoms with E-state index in [2.05, 4.69) is 190 Å². The lowest BCUT2D eigenvalue weighted by atomic mass is 10.1. The molecule has 0 aliphatic rings. The third-order valence-corrected chi connectivity index (χ3v) is 11.3. The van der Waals surface area contributed by atoms with E-state index in [-0.39, 0.29) is 0 Å². The summed E-state index contributed by atoms with van der Waals surface area (Å²) >= 11 is 0. The summed E-state index contributed by atoms with van der Waals surface area (Å²) in [6, 6.07) is 68.4. The molecule has 0 aliphatic heterocycles. The lowest BCUT2D eigenvalue weighted by Crippen LogP contribution is -2.10. The number of aromatic nitrogens is 6. The summed E-state index contributed by atoms with van der Waals surface area (Å²) in [4.78, 5) is 16.3. The highest BCUT2D eigenvalue weighted by Crippen LogP contribution is 2.42. The van der Waals surface area contributed by atoms with Crippen LogP contribution in [0.1, 0.15) is 0 Å². The van der Waals surface area contributed by atoms with E-state index in [1.54, 1.807) is 0 Å². The summed E-state index contributed by atoms with van der Waals surface area (Å²) < 4.78 is 6.94. The van der Waals surface area contributed by atoms with Crippen LogP contribution in [-0.2, 0) is 0 Å². The van der Waals surface area contributed by atoms with Crippen molar-refractivity contribution in [2.75, 3.05) is 0 Å². The van der Waals surface area contributed by atoms with Crippen molar-refractivity contribution in [3.8, 4) is 40.1 Å². The van der Waals surface area contributed by atoms with E-state index < -0.39 is 0 Å². The highest BCUT2D eigenvalue weighted by Gasteiger charge is 2.25. The van der Waals surface area contributed by atoms with Crippen LogP contribution in [0.4, 0.5) is 0 Å². The maximum Gasteiger partial charge on any atom is 0.238 e. The Balaban J connectivity index is 1.26. The highest BCUT2D eigenvalue weighted by atomic mass is 15.2. The van der Waals surface area contributed by atoms with Crippen LogP contribution in [-0.4, -0.2) is 28.7 Å². The first-order chi connectivity index (χ1) is 28.3. The van der Waals surface area contributed by atoms with Crippen LogP contribution in [0.15, 0.2) is 194 Å². The smallest absolute Gasteiger partial charge is 0.238 e. The standard InChI is InChI=1S/C51H32N6/c1-2-17-33(18-3-1)49-52-50(54-51(53-49)57-44-29-14-8-23-38(44)39-24-9-15-30-45(39)57)48-46(55-40-25-10-4-19-34(40)35-20-5-11-26-41(35)55)31-16-32-47(48)56-42-27-12-6-21-36(42)37-22-7-13-28-43(37)56/h1-32H. The molecule has 12 aromatic rings. The fraction of sp³-hybridized carbons (Fsp3) is 0. The molecular weight excluding hydrogens is 697 g/mol. The average Bonchev–Trinajstić information content (AvgIpc) is 3.92. The van der Waals surface area contributed by atoms with Crippen LogP contribution in [0.5, 0.6) is 0 Å². The molecule has 266 valence electrons. The van der Waals surface area contributed by atoms with Crippen LogP contribution in [0, 0.1) is 0 Å². The first-order valence-corrected chi connectivity index (χ1v) is 19.2. The minimum atomic E-state index is 0.557. The van der Waals surface area contributed by atoms with Crippen LogP contribution < -0.4 is 0 Å². The molecule has 4 aromatic heterocycles. The topological polar surface area (TPSA) is 53.5 Å². The molecule has 57 heavy (non-hydrogen) atoms. The lowest BCUT2D eigenvalue weighted by Gasteiger charge is -2.20. The van der Waals surface area contributed by atoms with Crippen LogP contribution in [0.2, 0.25) is 0 Å². The molecule has 0 saturated heterocycles. The van der Waals surface area contributed by atoms with Gasteiger partial charge in [0.2, 0.25) is 5.95 Å². The van der Waals surface area contributed by atoms with Crippen molar-refractivity contribution in [3.63, 3.8) is 0 Å². The SMILES string of the molecule is c1ccc(-c2nc(-c3c(-n4c5ccccc5c5ccccc54)cccc3-n3c4ccccc4c4ccccc43)nc(-n3c4ccccc4c4ccccc43)n2)cc1. The zero-order valence-corrected chi connectivity index (χ0v) is 30.7. The molecule has 12 rings (SSSR count). The van der Waals surface area contributed by atoms with Gasteiger partial charge in [-0.2, -0.15) is 9.97 Å². The normalized spacial score (nSPS) is 11.9. The number of para-hydroxylation sites is 6. The monoisotopic (exact) mass is 728 g/mol. The number of hydrogen-bond donors (Lipinski definition) is 0.